The first-order chi connectivity index (χ1) is 7.38. The Bertz CT molecular complexity index is 500. The smallest absolute Gasteiger partial charge is 0.303 e. The fourth-order valence-electron chi connectivity index (χ4n) is 1.11. The van der Waals surface area contributed by atoms with E-state index in [0.29, 0.717) is 16.9 Å². The van der Waals surface area contributed by atoms with E-state index in [-0.39, 0.29) is 13.0 Å². The molecule has 0 amide bonds. The summed E-state index contributed by atoms with van der Waals surface area (Å²) in [4.78, 5) is 32.1. The second kappa shape index (κ2) is 4.33. The largest absolute Gasteiger partial charge is 0.495 e. The number of halogens is 3. The van der Waals surface area contributed by atoms with Crippen molar-refractivity contribution in [2.75, 3.05) is 0 Å². The normalized spacial score (nSPS) is 11.4. The quantitative estimate of drug-likeness (QED) is 0.698. The van der Waals surface area contributed by atoms with Crippen molar-refractivity contribution in [3.8, 4) is 0 Å². The number of alkyl halides is 3. The van der Waals surface area contributed by atoms with E-state index >= 15 is 0 Å². The summed E-state index contributed by atoms with van der Waals surface area (Å²) in [6, 6.07) is 0.625. The van der Waals surface area contributed by atoms with Gasteiger partial charge in [-0.25, -0.2) is 4.79 Å². The Labute approximate surface area is 86.7 Å². The SMILES string of the molecule is O=CCCn1ccc(=O)n(C(F)(F)F)c1=O. The van der Waals surface area contributed by atoms with E-state index in [1.165, 1.54) is 0 Å². The average molecular weight is 236 g/mol. The number of carbonyl (C=O) groups is 1. The van der Waals surface area contributed by atoms with Crippen molar-refractivity contribution in [1.29, 1.82) is 0 Å². The minimum Gasteiger partial charge on any atom is -0.303 e. The molecule has 0 aliphatic rings. The summed E-state index contributed by atoms with van der Waals surface area (Å²) in [5, 5.41) is 0. The standard InChI is InChI=1S/C8H7F3N2O3/c9-8(10,11)13-6(15)2-4-12(7(13)16)3-1-5-14/h2,4-5H,1,3H2. The van der Waals surface area contributed by atoms with Gasteiger partial charge in [0.15, 0.2) is 0 Å². The van der Waals surface area contributed by atoms with Crippen molar-refractivity contribution in [3.05, 3.63) is 33.1 Å². The van der Waals surface area contributed by atoms with Crippen LogP contribution in [0.1, 0.15) is 6.42 Å². The van der Waals surface area contributed by atoms with E-state index < -0.39 is 22.1 Å². The van der Waals surface area contributed by atoms with Crippen molar-refractivity contribution in [1.82, 2.24) is 9.13 Å². The fourth-order valence-corrected chi connectivity index (χ4v) is 1.11. The van der Waals surface area contributed by atoms with Crippen LogP contribution < -0.4 is 11.2 Å². The zero-order valence-corrected chi connectivity index (χ0v) is 7.90. The van der Waals surface area contributed by atoms with Gasteiger partial charge >= 0.3 is 12.0 Å². The van der Waals surface area contributed by atoms with Crippen LogP contribution in [-0.2, 0) is 17.6 Å². The molecule has 5 nitrogen and oxygen atoms in total. The number of rotatable bonds is 3. The van der Waals surface area contributed by atoms with Gasteiger partial charge < -0.3 is 4.79 Å². The lowest BCUT2D eigenvalue weighted by Gasteiger charge is -2.10. The van der Waals surface area contributed by atoms with Gasteiger partial charge in [0.2, 0.25) is 0 Å². The topological polar surface area (TPSA) is 61.1 Å². The first-order valence-electron chi connectivity index (χ1n) is 4.21. The van der Waals surface area contributed by atoms with Gasteiger partial charge in [-0.3, -0.25) is 9.36 Å². The molecule has 0 fully saturated rings. The Morgan fingerprint density at radius 1 is 1.31 bits per heavy atom. The van der Waals surface area contributed by atoms with Gasteiger partial charge in [-0.05, 0) is 0 Å². The van der Waals surface area contributed by atoms with Gasteiger partial charge in [-0.1, -0.05) is 0 Å². The Morgan fingerprint density at radius 2 is 1.94 bits per heavy atom. The summed E-state index contributed by atoms with van der Waals surface area (Å²) >= 11 is 0. The van der Waals surface area contributed by atoms with E-state index in [0.717, 1.165) is 6.20 Å². The summed E-state index contributed by atoms with van der Waals surface area (Å²) < 4.78 is 36.7. The number of nitrogens with zero attached hydrogens (tertiary/aromatic N) is 2. The molecule has 0 radical (unpaired) electrons. The molecule has 0 N–H and O–H groups in total. The van der Waals surface area contributed by atoms with Crippen LogP contribution in [0.25, 0.3) is 0 Å². The van der Waals surface area contributed by atoms with Crippen LogP contribution in [0.3, 0.4) is 0 Å². The molecule has 1 aromatic rings. The molecule has 88 valence electrons. The molecule has 8 heteroatoms. The third kappa shape index (κ3) is 2.38. The minimum absolute atomic E-state index is 0.101. The van der Waals surface area contributed by atoms with Crippen molar-refractivity contribution < 1.29 is 18.0 Å². The van der Waals surface area contributed by atoms with E-state index in [4.69, 9.17) is 0 Å². The molecule has 0 saturated carbocycles. The van der Waals surface area contributed by atoms with Crippen molar-refractivity contribution in [3.63, 3.8) is 0 Å². The van der Waals surface area contributed by atoms with Crippen LogP contribution in [0, 0.1) is 0 Å². The van der Waals surface area contributed by atoms with E-state index in [2.05, 4.69) is 0 Å². The molecule has 1 aromatic heterocycles. The lowest BCUT2D eigenvalue weighted by molar-refractivity contribution is -0.209. The molecule has 0 aliphatic heterocycles. The maximum atomic E-state index is 12.3. The number of hydrogen-bond acceptors (Lipinski definition) is 3. The van der Waals surface area contributed by atoms with Crippen LogP contribution in [0.4, 0.5) is 13.2 Å². The molecule has 0 unspecified atom stereocenters. The second-order valence-electron chi connectivity index (χ2n) is 2.89. The highest BCUT2D eigenvalue weighted by atomic mass is 19.4. The van der Waals surface area contributed by atoms with Gasteiger partial charge in [0.1, 0.15) is 6.29 Å². The van der Waals surface area contributed by atoms with Crippen LogP contribution >= 0.6 is 0 Å². The molecule has 16 heavy (non-hydrogen) atoms. The van der Waals surface area contributed by atoms with Gasteiger partial charge in [0, 0.05) is 25.2 Å². The molecule has 0 spiro atoms. The van der Waals surface area contributed by atoms with Gasteiger partial charge in [0.25, 0.3) is 5.56 Å². The van der Waals surface area contributed by atoms with Crippen molar-refractivity contribution >= 4 is 6.29 Å². The Kier molecular flexibility index (Phi) is 3.31. The monoisotopic (exact) mass is 236 g/mol. The van der Waals surface area contributed by atoms with Crippen LogP contribution in [0.2, 0.25) is 0 Å². The highest BCUT2D eigenvalue weighted by molar-refractivity contribution is 5.48. The lowest BCUT2D eigenvalue weighted by Crippen LogP contribution is -2.45. The van der Waals surface area contributed by atoms with Gasteiger partial charge in [-0.15, -0.1) is 13.2 Å². The third-order valence-corrected chi connectivity index (χ3v) is 1.80. The van der Waals surface area contributed by atoms with Gasteiger partial charge in [-0.2, -0.15) is 4.57 Å². The first kappa shape index (κ1) is 12.2. The summed E-state index contributed by atoms with van der Waals surface area (Å²) in [6.45, 7) is -0.196. The van der Waals surface area contributed by atoms with Crippen LogP contribution in [0.5, 0.6) is 0 Å². The van der Waals surface area contributed by atoms with E-state index in [9.17, 15) is 27.6 Å². The molecule has 1 rings (SSSR count). The molecule has 0 atom stereocenters. The average Bonchev–Trinajstić information content (AvgIpc) is 2.14. The number of aryl methyl sites for hydroxylation is 1. The number of aldehydes is 1. The maximum Gasteiger partial charge on any atom is 0.495 e. The summed E-state index contributed by atoms with van der Waals surface area (Å²) in [5.41, 5.74) is -2.94. The van der Waals surface area contributed by atoms with E-state index in [1.54, 1.807) is 0 Å². The summed E-state index contributed by atoms with van der Waals surface area (Å²) in [6.07, 6.45) is -3.76. The predicted molar refractivity (Wildman–Crippen MR) is 46.9 cm³/mol. The lowest BCUT2D eigenvalue weighted by atomic mass is 10.4. The molecule has 0 saturated heterocycles. The molecule has 0 bridgehead atoms. The molecular formula is C8H7F3N2O3. The third-order valence-electron chi connectivity index (χ3n) is 1.80. The van der Waals surface area contributed by atoms with Crippen LogP contribution in [-0.4, -0.2) is 15.4 Å². The number of carbonyl (C=O) groups excluding carboxylic acids is 1. The zero-order chi connectivity index (χ0) is 12.3. The second-order valence-corrected chi connectivity index (χ2v) is 2.89. The number of hydrogen-bond donors (Lipinski definition) is 0. The molecule has 0 aromatic carbocycles. The summed E-state index contributed by atoms with van der Waals surface area (Å²) in [7, 11) is 0. The summed E-state index contributed by atoms with van der Waals surface area (Å²) in [5.74, 6) is 0. The molecule has 1 heterocycles. The maximum absolute atomic E-state index is 12.3. The minimum atomic E-state index is -5.06. The van der Waals surface area contributed by atoms with Crippen molar-refractivity contribution in [2.24, 2.45) is 0 Å². The Hall–Kier alpha value is -1.86. The zero-order valence-electron chi connectivity index (χ0n) is 7.90. The highest BCUT2D eigenvalue weighted by Gasteiger charge is 2.34. The first-order valence-corrected chi connectivity index (χ1v) is 4.21. The Balaban J connectivity index is 3.34. The highest BCUT2D eigenvalue weighted by Crippen LogP contribution is 2.16. The van der Waals surface area contributed by atoms with E-state index in [1.807, 2.05) is 0 Å². The van der Waals surface area contributed by atoms with Crippen molar-refractivity contribution in [2.45, 2.75) is 19.3 Å². The Morgan fingerprint density at radius 3 is 2.44 bits per heavy atom. The number of aromatic nitrogens is 2. The van der Waals surface area contributed by atoms with Crippen LogP contribution in [0.15, 0.2) is 21.9 Å². The molecular weight excluding hydrogens is 229 g/mol. The van der Waals surface area contributed by atoms with Gasteiger partial charge in [0.05, 0.1) is 0 Å². The predicted octanol–water partition coefficient (Wildman–Crippen LogP) is 0.0753. The fraction of sp³-hybridized carbons (Fsp3) is 0.375. The molecule has 0 aliphatic carbocycles.